The van der Waals surface area contributed by atoms with Crippen molar-refractivity contribution in [1.82, 2.24) is 30.3 Å². The minimum Gasteiger partial charge on any atom is -0.357 e. The maximum Gasteiger partial charge on any atom is 0.191 e. The molecule has 3 rings (SSSR count). The van der Waals surface area contributed by atoms with Gasteiger partial charge in [-0.3, -0.25) is 9.58 Å². The zero-order chi connectivity index (χ0) is 19.1. The first-order chi connectivity index (χ1) is 13.1. The zero-order valence-corrected chi connectivity index (χ0v) is 16.6. The summed E-state index contributed by atoms with van der Waals surface area (Å²) in [5.41, 5.74) is 2.73. The number of piperidine rings is 1. The second kappa shape index (κ2) is 9.50. The van der Waals surface area contributed by atoms with E-state index in [0.717, 1.165) is 50.8 Å². The topological polar surface area (TPSA) is 70.4 Å². The summed E-state index contributed by atoms with van der Waals surface area (Å²) in [4.78, 5) is 11.4. The summed E-state index contributed by atoms with van der Waals surface area (Å²) in [6.07, 6.45) is 3.82. The molecule has 0 unspecified atom stereocenters. The molecular formula is C20H31N7. The van der Waals surface area contributed by atoms with Crippen LogP contribution in [0.4, 0.5) is 0 Å². The summed E-state index contributed by atoms with van der Waals surface area (Å²) in [5, 5.41) is 11.0. The number of likely N-dealkylation sites (tertiary alicyclic amines) is 1. The van der Waals surface area contributed by atoms with Crippen molar-refractivity contribution in [2.45, 2.75) is 45.8 Å². The van der Waals surface area contributed by atoms with Crippen LogP contribution < -0.4 is 10.6 Å². The Morgan fingerprint density at radius 1 is 1.30 bits per heavy atom. The first-order valence-corrected chi connectivity index (χ1v) is 9.79. The second-order valence-electron chi connectivity index (χ2n) is 7.18. The Morgan fingerprint density at radius 2 is 2.11 bits per heavy atom. The summed E-state index contributed by atoms with van der Waals surface area (Å²) in [6, 6.07) is 9.26. The molecule has 7 heteroatoms. The van der Waals surface area contributed by atoms with E-state index in [1.165, 1.54) is 11.1 Å². The number of benzene rings is 1. The molecule has 1 aliphatic heterocycles. The molecule has 0 aliphatic carbocycles. The lowest BCUT2D eigenvalue weighted by Crippen LogP contribution is -2.48. The van der Waals surface area contributed by atoms with Crippen LogP contribution in [-0.2, 0) is 20.1 Å². The molecule has 0 atom stereocenters. The van der Waals surface area contributed by atoms with Gasteiger partial charge in [-0.25, -0.2) is 9.98 Å². The molecule has 0 spiro atoms. The molecular weight excluding hydrogens is 338 g/mol. The molecule has 146 valence electrons. The number of aryl methyl sites for hydroxylation is 2. The van der Waals surface area contributed by atoms with Crippen LogP contribution in [0.1, 0.15) is 36.7 Å². The summed E-state index contributed by atoms with van der Waals surface area (Å²) >= 11 is 0. The first kappa shape index (κ1) is 19.4. The van der Waals surface area contributed by atoms with Gasteiger partial charge in [0.1, 0.15) is 18.7 Å². The Bertz CT molecular complexity index is 744. The molecule has 1 fully saturated rings. The van der Waals surface area contributed by atoms with Gasteiger partial charge in [0.15, 0.2) is 5.96 Å². The van der Waals surface area contributed by atoms with Gasteiger partial charge < -0.3 is 10.6 Å². The van der Waals surface area contributed by atoms with Gasteiger partial charge in [0.2, 0.25) is 0 Å². The van der Waals surface area contributed by atoms with Crippen LogP contribution in [0, 0.1) is 6.92 Å². The van der Waals surface area contributed by atoms with Crippen LogP contribution >= 0.6 is 0 Å². The van der Waals surface area contributed by atoms with E-state index in [2.05, 4.69) is 68.7 Å². The average Bonchev–Trinajstić information content (AvgIpc) is 3.06. The van der Waals surface area contributed by atoms with Crippen molar-refractivity contribution in [1.29, 1.82) is 0 Å². The smallest absolute Gasteiger partial charge is 0.191 e. The van der Waals surface area contributed by atoms with Gasteiger partial charge in [-0.2, -0.15) is 5.10 Å². The zero-order valence-electron chi connectivity index (χ0n) is 16.6. The fourth-order valence-corrected chi connectivity index (χ4v) is 3.43. The highest BCUT2D eigenvalue weighted by Crippen LogP contribution is 2.14. The van der Waals surface area contributed by atoms with Crippen LogP contribution in [0.5, 0.6) is 0 Å². The van der Waals surface area contributed by atoms with Gasteiger partial charge in [-0.15, -0.1) is 0 Å². The predicted molar refractivity (Wildman–Crippen MR) is 108 cm³/mol. The fourth-order valence-electron chi connectivity index (χ4n) is 3.43. The van der Waals surface area contributed by atoms with Crippen molar-refractivity contribution in [2.24, 2.45) is 12.0 Å². The molecule has 2 heterocycles. The maximum absolute atomic E-state index is 4.66. The van der Waals surface area contributed by atoms with Gasteiger partial charge in [0.25, 0.3) is 0 Å². The molecule has 2 aromatic rings. The summed E-state index contributed by atoms with van der Waals surface area (Å²) < 4.78 is 1.76. The fraction of sp³-hybridized carbons (Fsp3) is 0.550. The van der Waals surface area contributed by atoms with E-state index in [1.807, 2.05) is 7.05 Å². The monoisotopic (exact) mass is 369 g/mol. The first-order valence-electron chi connectivity index (χ1n) is 9.79. The van der Waals surface area contributed by atoms with Gasteiger partial charge in [-0.1, -0.05) is 29.8 Å². The van der Waals surface area contributed by atoms with E-state index in [0.29, 0.717) is 12.6 Å². The molecule has 0 bridgehead atoms. The summed E-state index contributed by atoms with van der Waals surface area (Å²) in [7, 11) is 1.89. The number of aromatic nitrogens is 3. The number of aliphatic imine (C=N–C) groups is 1. The number of nitrogens with zero attached hydrogens (tertiary/aromatic N) is 5. The van der Waals surface area contributed by atoms with Crippen LogP contribution in [-0.4, -0.2) is 51.3 Å². The molecule has 7 nitrogen and oxygen atoms in total. The highest BCUT2D eigenvalue weighted by molar-refractivity contribution is 5.80. The van der Waals surface area contributed by atoms with Crippen LogP contribution in [0.15, 0.2) is 35.6 Å². The van der Waals surface area contributed by atoms with Crippen molar-refractivity contribution < 1.29 is 0 Å². The lowest BCUT2D eigenvalue weighted by Gasteiger charge is -2.33. The SMILES string of the molecule is CCNC(=NCc1ncnn1C)NC1CCN(Cc2cccc(C)c2)CC1. The Kier molecular flexibility index (Phi) is 6.81. The largest absolute Gasteiger partial charge is 0.357 e. The number of rotatable bonds is 6. The third-order valence-electron chi connectivity index (χ3n) is 4.95. The van der Waals surface area contributed by atoms with Crippen molar-refractivity contribution in [2.75, 3.05) is 19.6 Å². The van der Waals surface area contributed by atoms with Crippen LogP contribution in [0.25, 0.3) is 0 Å². The molecule has 2 N–H and O–H groups in total. The molecule has 0 radical (unpaired) electrons. The minimum atomic E-state index is 0.455. The van der Waals surface area contributed by atoms with E-state index < -0.39 is 0 Å². The van der Waals surface area contributed by atoms with E-state index in [1.54, 1.807) is 11.0 Å². The van der Waals surface area contributed by atoms with E-state index in [4.69, 9.17) is 0 Å². The Balaban J connectivity index is 1.49. The Hall–Kier alpha value is -2.41. The van der Waals surface area contributed by atoms with E-state index >= 15 is 0 Å². The van der Waals surface area contributed by atoms with E-state index in [9.17, 15) is 0 Å². The lowest BCUT2D eigenvalue weighted by atomic mass is 10.0. The van der Waals surface area contributed by atoms with Gasteiger partial charge in [0, 0.05) is 39.3 Å². The number of hydrogen-bond donors (Lipinski definition) is 2. The molecule has 0 amide bonds. The second-order valence-corrected chi connectivity index (χ2v) is 7.18. The highest BCUT2D eigenvalue weighted by atomic mass is 15.3. The quantitative estimate of drug-likeness (QED) is 0.601. The molecule has 1 aliphatic rings. The van der Waals surface area contributed by atoms with E-state index in [-0.39, 0.29) is 0 Å². The minimum absolute atomic E-state index is 0.455. The van der Waals surface area contributed by atoms with Gasteiger partial charge in [0.05, 0.1) is 0 Å². The molecule has 1 aromatic heterocycles. The normalized spacial score (nSPS) is 16.5. The van der Waals surface area contributed by atoms with Crippen LogP contribution in [0.3, 0.4) is 0 Å². The number of hydrogen-bond acceptors (Lipinski definition) is 4. The molecule has 1 saturated heterocycles. The standard InChI is InChI=1S/C20H31N7/c1-4-21-20(22-13-19-23-15-24-26(19)3)25-18-8-10-27(11-9-18)14-17-7-5-6-16(2)12-17/h5-7,12,15,18H,4,8-11,13-14H2,1-3H3,(H2,21,22,25). The van der Waals surface area contributed by atoms with Crippen molar-refractivity contribution >= 4 is 5.96 Å². The molecule has 1 aromatic carbocycles. The van der Waals surface area contributed by atoms with Crippen LogP contribution in [0.2, 0.25) is 0 Å². The average molecular weight is 370 g/mol. The molecule has 27 heavy (non-hydrogen) atoms. The highest BCUT2D eigenvalue weighted by Gasteiger charge is 2.20. The van der Waals surface area contributed by atoms with Gasteiger partial charge >= 0.3 is 0 Å². The van der Waals surface area contributed by atoms with Crippen molar-refractivity contribution in [3.63, 3.8) is 0 Å². The third-order valence-corrected chi connectivity index (χ3v) is 4.95. The van der Waals surface area contributed by atoms with Crippen molar-refractivity contribution in [3.8, 4) is 0 Å². The number of nitrogens with one attached hydrogen (secondary N) is 2. The lowest BCUT2D eigenvalue weighted by molar-refractivity contribution is 0.198. The molecule has 0 saturated carbocycles. The third kappa shape index (κ3) is 5.79. The van der Waals surface area contributed by atoms with Crippen molar-refractivity contribution in [3.05, 3.63) is 47.5 Å². The Labute approximate surface area is 161 Å². The predicted octanol–water partition coefficient (Wildman–Crippen LogP) is 1.84. The number of guanidine groups is 1. The maximum atomic E-state index is 4.66. The summed E-state index contributed by atoms with van der Waals surface area (Å²) in [5.74, 6) is 1.72. The summed E-state index contributed by atoms with van der Waals surface area (Å²) in [6.45, 7) is 8.86. The Morgan fingerprint density at radius 3 is 2.78 bits per heavy atom. The van der Waals surface area contributed by atoms with Gasteiger partial charge in [-0.05, 0) is 32.3 Å².